The Labute approximate surface area is 77.5 Å². The van der Waals surface area contributed by atoms with Crippen molar-refractivity contribution in [1.29, 1.82) is 0 Å². The van der Waals surface area contributed by atoms with Gasteiger partial charge in [-0.15, -0.1) is 0 Å². The van der Waals surface area contributed by atoms with Gasteiger partial charge in [-0.1, -0.05) is 14.4 Å². The van der Waals surface area contributed by atoms with Gasteiger partial charge in [-0.3, -0.25) is 0 Å². The first-order chi connectivity index (χ1) is 5.18. The van der Waals surface area contributed by atoms with Crippen molar-refractivity contribution in [3.8, 4) is 0 Å². The molecule has 0 amide bonds. The highest BCUT2D eigenvalue weighted by atomic mass is 15.2. The molecule has 2 rings (SSSR count). The highest BCUT2D eigenvalue weighted by Gasteiger charge is 2.16. The molecule has 2 heteroatoms. The van der Waals surface area contributed by atoms with Crippen molar-refractivity contribution in [3.63, 3.8) is 0 Å². The maximum absolute atomic E-state index is 2.32. The first-order valence-corrected chi connectivity index (χ1v) is 4.55. The van der Waals surface area contributed by atoms with Crippen LogP contribution in [0, 0.1) is 5.92 Å². The van der Waals surface area contributed by atoms with Gasteiger partial charge in [0.15, 0.2) is 0 Å². The predicted molar refractivity (Wildman–Crippen MR) is 55.5 cm³/mol. The molecule has 0 bridgehead atoms. The van der Waals surface area contributed by atoms with Crippen molar-refractivity contribution in [3.05, 3.63) is 0 Å². The summed E-state index contributed by atoms with van der Waals surface area (Å²) in [4.78, 5) is 4.63. The van der Waals surface area contributed by atoms with Gasteiger partial charge in [-0.2, -0.15) is 0 Å². The predicted octanol–water partition coefficient (Wildman–Crippen LogP) is 1.53. The Morgan fingerprint density at radius 1 is 1.00 bits per heavy atom. The molecular formula is C10H24N2. The SMILES string of the molecule is C.CC1CN(C)C1.CN1CCC1. The molecule has 12 heavy (non-hydrogen) atoms. The first-order valence-electron chi connectivity index (χ1n) is 4.55. The molecule has 0 N–H and O–H groups in total. The second-order valence-corrected chi connectivity index (χ2v) is 3.98. The van der Waals surface area contributed by atoms with Crippen LogP contribution in [0.2, 0.25) is 0 Å². The summed E-state index contributed by atoms with van der Waals surface area (Å²) in [7, 11) is 4.30. The van der Waals surface area contributed by atoms with E-state index in [9.17, 15) is 0 Å². The highest BCUT2D eigenvalue weighted by molar-refractivity contribution is 4.71. The lowest BCUT2D eigenvalue weighted by molar-refractivity contribution is 0.149. The van der Waals surface area contributed by atoms with E-state index in [1.54, 1.807) is 0 Å². The minimum atomic E-state index is 0. The lowest BCUT2D eigenvalue weighted by Crippen LogP contribution is -2.41. The zero-order valence-corrected chi connectivity index (χ0v) is 8.01. The summed E-state index contributed by atoms with van der Waals surface area (Å²) in [6, 6.07) is 0. The number of hydrogen-bond donors (Lipinski definition) is 0. The van der Waals surface area contributed by atoms with Gasteiger partial charge in [0.25, 0.3) is 0 Å². The first kappa shape index (κ1) is 11.9. The summed E-state index contributed by atoms with van der Waals surface area (Å²) in [6.45, 7) is 7.53. The zero-order chi connectivity index (χ0) is 8.27. The molecule has 0 aromatic rings. The fraction of sp³-hybridized carbons (Fsp3) is 1.00. The zero-order valence-electron chi connectivity index (χ0n) is 8.01. The Bertz CT molecular complexity index is 98.4. The van der Waals surface area contributed by atoms with Crippen molar-refractivity contribution in [2.24, 2.45) is 5.92 Å². The molecule has 0 saturated carbocycles. The monoisotopic (exact) mass is 172 g/mol. The summed E-state index contributed by atoms with van der Waals surface area (Å²) >= 11 is 0. The third-order valence-electron chi connectivity index (χ3n) is 2.33. The van der Waals surface area contributed by atoms with Crippen molar-refractivity contribution < 1.29 is 0 Å². The molecule has 2 heterocycles. The lowest BCUT2D eigenvalue weighted by Gasteiger charge is -2.33. The smallest absolute Gasteiger partial charge is 0.00163 e. The molecule has 0 aromatic carbocycles. The molecule has 0 spiro atoms. The Morgan fingerprint density at radius 2 is 1.42 bits per heavy atom. The Balaban J connectivity index is 0.000000189. The summed E-state index contributed by atoms with van der Waals surface area (Å²) < 4.78 is 0. The maximum Gasteiger partial charge on any atom is 0.00163 e. The maximum atomic E-state index is 2.32. The fourth-order valence-corrected chi connectivity index (χ4v) is 1.48. The fourth-order valence-electron chi connectivity index (χ4n) is 1.48. The van der Waals surface area contributed by atoms with E-state index in [0.29, 0.717) is 0 Å². The molecule has 2 aliphatic rings. The molecule has 2 saturated heterocycles. The molecule has 0 radical (unpaired) electrons. The van der Waals surface area contributed by atoms with Crippen LogP contribution in [0.5, 0.6) is 0 Å². The van der Waals surface area contributed by atoms with Crippen LogP contribution in [0.15, 0.2) is 0 Å². The Morgan fingerprint density at radius 3 is 1.42 bits per heavy atom. The van der Waals surface area contributed by atoms with E-state index in [2.05, 4.69) is 30.8 Å². The molecule has 74 valence electrons. The summed E-state index contributed by atoms with van der Waals surface area (Å²) in [5, 5.41) is 0. The van der Waals surface area contributed by atoms with Crippen molar-refractivity contribution >= 4 is 0 Å². The molecule has 2 fully saturated rings. The van der Waals surface area contributed by atoms with Gasteiger partial charge in [0.1, 0.15) is 0 Å². The number of hydrogen-bond acceptors (Lipinski definition) is 2. The van der Waals surface area contributed by atoms with Crippen molar-refractivity contribution in [2.75, 3.05) is 40.3 Å². The largest absolute Gasteiger partial charge is 0.306 e. The van der Waals surface area contributed by atoms with Gasteiger partial charge in [-0.05, 0) is 39.5 Å². The molecule has 0 aromatic heterocycles. The van der Waals surface area contributed by atoms with E-state index in [-0.39, 0.29) is 7.43 Å². The third-order valence-corrected chi connectivity index (χ3v) is 2.33. The lowest BCUT2D eigenvalue weighted by atomic mass is 10.1. The molecule has 0 atom stereocenters. The molecular weight excluding hydrogens is 148 g/mol. The average molecular weight is 172 g/mol. The van der Waals surface area contributed by atoms with Gasteiger partial charge in [0, 0.05) is 13.1 Å². The minimum Gasteiger partial charge on any atom is -0.306 e. The van der Waals surface area contributed by atoms with Crippen LogP contribution in [0.25, 0.3) is 0 Å². The number of rotatable bonds is 0. The molecule has 0 unspecified atom stereocenters. The standard InChI is InChI=1S/C5H11N.C4H9N.CH4/c1-5-3-6(2)4-5;1-5-3-2-4-5;/h5H,3-4H2,1-2H3;2-4H2,1H3;1H4. The quantitative estimate of drug-likeness (QED) is 0.547. The van der Waals surface area contributed by atoms with Gasteiger partial charge < -0.3 is 9.80 Å². The molecule has 0 aliphatic carbocycles. The van der Waals surface area contributed by atoms with Crippen LogP contribution in [0.4, 0.5) is 0 Å². The molecule has 2 nitrogen and oxygen atoms in total. The number of likely N-dealkylation sites (tertiary alicyclic amines) is 2. The van der Waals surface area contributed by atoms with Crippen LogP contribution in [-0.4, -0.2) is 50.1 Å². The average Bonchev–Trinajstić information content (AvgIpc) is 1.83. The minimum absolute atomic E-state index is 0. The summed E-state index contributed by atoms with van der Waals surface area (Å²) in [5.41, 5.74) is 0. The van der Waals surface area contributed by atoms with Crippen LogP contribution in [0.3, 0.4) is 0 Å². The third kappa shape index (κ3) is 4.07. The highest BCUT2D eigenvalue weighted by Crippen LogP contribution is 2.09. The van der Waals surface area contributed by atoms with E-state index in [0.717, 1.165) is 5.92 Å². The van der Waals surface area contributed by atoms with E-state index in [1.807, 2.05) is 0 Å². The van der Waals surface area contributed by atoms with Crippen LogP contribution >= 0.6 is 0 Å². The topological polar surface area (TPSA) is 6.48 Å². The van der Waals surface area contributed by atoms with Gasteiger partial charge in [0.05, 0.1) is 0 Å². The Hall–Kier alpha value is -0.0800. The Kier molecular flexibility index (Phi) is 5.51. The van der Waals surface area contributed by atoms with Crippen LogP contribution in [-0.2, 0) is 0 Å². The van der Waals surface area contributed by atoms with Gasteiger partial charge in [-0.25, -0.2) is 0 Å². The van der Waals surface area contributed by atoms with Crippen molar-refractivity contribution in [1.82, 2.24) is 9.80 Å². The van der Waals surface area contributed by atoms with Gasteiger partial charge in [0.2, 0.25) is 0 Å². The molecule has 2 aliphatic heterocycles. The second-order valence-electron chi connectivity index (χ2n) is 3.98. The van der Waals surface area contributed by atoms with Gasteiger partial charge >= 0.3 is 0 Å². The summed E-state index contributed by atoms with van der Waals surface area (Å²) in [6.07, 6.45) is 1.41. The van der Waals surface area contributed by atoms with Crippen molar-refractivity contribution in [2.45, 2.75) is 20.8 Å². The van der Waals surface area contributed by atoms with Crippen LogP contribution in [0.1, 0.15) is 20.8 Å². The van der Waals surface area contributed by atoms with E-state index < -0.39 is 0 Å². The van der Waals surface area contributed by atoms with E-state index in [1.165, 1.54) is 32.6 Å². The normalized spacial score (nSPS) is 24.2. The second kappa shape index (κ2) is 5.55. The number of nitrogens with zero attached hydrogens (tertiary/aromatic N) is 2. The van der Waals surface area contributed by atoms with E-state index >= 15 is 0 Å². The van der Waals surface area contributed by atoms with E-state index in [4.69, 9.17) is 0 Å². The van der Waals surface area contributed by atoms with Crippen LogP contribution < -0.4 is 0 Å². The summed E-state index contributed by atoms with van der Waals surface area (Å²) in [5.74, 6) is 0.968.